The standard InChI is InChI=1S/C30H40N2O7/c1-5-13-32(39-14-6-2)27(33)18-31-17-23(22-15-20(3)29-26(16-22)37-19-38-29)28(30(34)35)24(31)12-11-21-9-7-8-10-25(21)36-4/h7-10,15-16,23-24,28H,5-6,11-14,17-19H2,1-4H3,(H,34,35)/t23-,24+,28-/m1/s1. The van der Waals surface area contributed by atoms with Crippen molar-refractivity contribution in [1.29, 1.82) is 0 Å². The number of carbonyl (C=O) groups excluding carboxylic acids is 1. The number of hydrogen-bond donors (Lipinski definition) is 1. The Morgan fingerprint density at radius 1 is 1.15 bits per heavy atom. The molecule has 0 spiro atoms. The van der Waals surface area contributed by atoms with Crippen molar-refractivity contribution in [1.82, 2.24) is 9.96 Å². The average molecular weight is 541 g/mol. The summed E-state index contributed by atoms with van der Waals surface area (Å²) < 4.78 is 16.8. The lowest BCUT2D eigenvalue weighted by atomic mass is 9.82. The van der Waals surface area contributed by atoms with Crippen molar-refractivity contribution < 1.29 is 33.7 Å². The van der Waals surface area contributed by atoms with Crippen LogP contribution in [0.2, 0.25) is 0 Å². The van der Waals surface area contributed by atoms with E-state index in [0.717, 1.165) is 35.3 Å². The lowest BCUT2D eigenvalue weighted by Crippen LogP contribution is -2.44. The maximum absolute atomic E-state index is 13.4. The molecule has 2 aliphatic heterocycles. The lowest BCUT2D eigenvalue weighted by molar-refractivity contribution is -0.188. The van der Waals surface area contributed by atoms with Gasteiger partial charge in [0.2, 0.25) is 6.79 Å². The summed E-state index contributed by atoms with van der Waals surface area (Å²) in [6, 6.07) is 11.3. The van der Waals surface area contributed by atoms with Gasteiger partial charge in [-0.05, 0) is 61.4 Å². The number of nitrogens with zero attached hydrogens (tertiary/aromatic N) is 2. The van der Waals surface area contributed by atoms with Gasteiger partial charge in [0.15, 0.2) is 11.5 Å². The van der Waals surface area contributed by atoms with Gasteiger partial charge in [-0.15, -0.1) is 0 Å². The van der Waals surface area contributed by atoms with E-state index in [1.807, 2.05) is 62.1 Å². The van der Waals surface area contributed by atoms with Crippen molar-refractivity contribution in [2.45, 2.75) is 58.4 Å². The minimum atomic E-state index is -0.872. The zero-order valence-corrected chi connectivity index (χ0v) is 23.4. The van der Waals surface area contributed by atoms with Gasteiger partial charge in [-0.3, -0.25) is 19.3 Å². The van der Waals surface area contributed by atoms with Crippen molar-refractivity contribution >= 4 is 11.9 Å². The predicted octanol–water partition coefficient (Wildman–Crippen LogP) is 4.41. The van der Waals surface area contributed by atoms with E-state index >= 15 is 0 Å². The number of methoxy groups -OCH3 is 1. The Bertz CT molecular complexity index is 1150. The summed E-state index contributed by atoms with van der Waals surface area (Å²) in [4.78, 5) is 34.0. The number of hydroxylamine groups is 2. The molecule has 4 rings (SSSR count). The van der Waals surface area contributed by atoms with E-state index < -0.39 is 11.9 Å². The molecule has 9 heteroatoms. The monoisotopic (exact) mass is 540 g/mol. The molecule has 0 aliphatic carbocycles. The topological polar surface area (TPSA) is 97.8 Å². The number of carboxylic acid groups (broad SMARTS) is 1. The molecule has 0 saturated carbocycles. The van der Waals surface area contributed by atoms with E-state index in [1.165, 1.54) is 5.06 Å². The van der Waals surface area contributed by atoms with Crippen LogP contribution < -0.4 is 14.2 Å². The van der Waals surface area contributed by atoms with Gasteiger partial charge in [0.05, 0.1) is 26.2 Å². The minimum absolute atomic E-state index is 0.0874. The van der Waals surface area contributed by atoms with Crippen LogP contribution in [0.1, 0.15) is 55.7 Å². The summed E-state index contributed by atoms with van der Waals surface area (Å²) in [7, 11) is 1.63. The van der Waals surface area contributed by atoms with Gasteiger partial charge in [-0.2, -0.15) is 0 Å². The van der Waals surface area contributed by atoms with Crippen LogP contribution in [-0.4, -0.2) is 73.1 Å². The molecule has 1 amide bonds. The Hall–Kier alpha value is -3.30. The van der Waals surface area contributed by atoms with Gasteiger partial charge < -0.3 is 19.3 Å². The third-order valence-electron chi connectivity index (χ3n) is 7.54. The van der Waals surface area contributed by atoms with Crippen molar-refractivity contribution in [3.8, 4) is 17.2 Å². The second kappa shape index (κ2) is 13.2. The quantitative estimate of drug-likeness (QED) is 0.373. The van der Waals surface area contributed by atoms with Crippen LogP contribution in [0.15, 0.2) is 36.4 Å². The summed E-state index contributed by atoms with van der Waals surface area (Å²) in [6.45, 7) is 7.57. The highest BCUT2D eigenvalue weighted by molar-refractivity contribution is 5.78. The van der Waals surface area contributed by atoms with E-state index in [0.29, 0.717) is 44.0 Å². The van der Waals surface area contributed by atoms with Gasteiger partial charge >= 0.3 is 5.97 Å². The third kappa shape index (κ3) is 6.47. The zero-order valence-electron chi connectivity index (χ0n) is 23.4. The number of fused-ring (bicyclic) bond motifs is 1. The number of carboxylic acids is 1. The average Bonchev–Trinajstić information content (AvgIpc) is 3.55. The number of rotatable bonds is 13. The molecule has 0 aromatic heterocycles. The number of aryl methyl sites for hydroxylation is 2. The highest BCUT2D eigenvalue weighted by Gasteiger charge is 2.47. The van der Waals surface area contributed by atoms with Gasteiger partial charge in [-0.1, -0.05) is 38.1 Å². The Morgan fingerprint density at radius 3 is 2.67 bits per heavy atom. The lowest BCUT2D eigenvalue weighted by Gasteiger charge is -2.29. The second-order valence-electron chi connectivity index (χ2n) is 10.2. The predicted molar refractivity (Wildman–Crippen MR) is 146 cm³/mol. The molecule has 2 aliphatic rings. The molecular formula is C30H40N2O7. The van der Waals surface area contributed by atoms with Crippen molar-refractivity contribution in [3.63, 3.8) is 0 Å². The van der Waals surface area contributed by atoms with Crippen LogP contribution in [-0.2, 0) is 20.8 Å². The van der Waals surface area contributed by atoms with Crippen LogP contribution in [0.3, 0.4) is 0 Å². The first-order valence-corrected chi connectivity index (χ1v) is 13.8. The first-order chi connectivity index (χ1) is 18.9. The number of amides is 1. The molecule has 1 saturated heterocycles. The molecule has 2 aromatic carbocycles. The fourth-order valence-corrected chi connectivity index (χ4v) is 5.75. The van der Waals surface area contributed by atoms with Crippen LogP contribution in [0.4, 0.5) is 0 Å². The Morgan fingerprint density at radius 2 is 1.95 bits per heavy atom. The number of para-hydroxylation sites is 1. The molecule has 39 heavy (non-hydrogen) atoms. The summed E-state index contributed by atoms with van der Waals surface area (Å²) in [5, 5.41) is 11.9. The van der Waals surface area contributed by atoms with Crippen molar-refractivity contribution in [2.24, 2.45) is 5.92 Å². The van der Waals surface area contributed by atoms with Crippen LogP contribution in [0.5, 0.6) is 17.2 Å². The van der Waals surface area contributed by atoms with E-state index in [-0.39, 0.29) is 31.2 Å². The smallest absolute Gasteiger partial charge is 0.308 e. The highest BCUT2D eigenvalue weighted by atomic mass is 16.7. The van der Waals surface area contributed by atoms with E-state index in [2.05, 4.69) is 0 Å². The Balaban J connectivity index is 1.64. The normalized spacial score (nSPS) is 20.3. The Kier molecular flexibility index (Phi) is 9.69. The second-order valence-corrected chi connectivity index (χ2v) is 10.2. The summed E-state index contributed by atoms with van der Waals surface area (Å²) in [5.74, 6) is 0.0611. The highest BCUT2D eigenvalue weighted by Crippen LogP contribution is 2.44. The molecule has 2 heterocycles. The third-order valence-corrected chi connectivity index (χ3v) is 7.54. The number of aliphatic carboxylic acids is 1. The van der Waals surface area contributed by atoms with Crippen LogP contribution >= 0.6 is 0 Å². The van der Waals surface area contributed by atoms with Gasteiger partial charge in [-0.25, -0.2) is 5.06 Å². The maximum Gasteiger partial charge on any atom is 0.308 e. The SMILES string of the molecule is CCCON(CCC)C(=O)CN1C[C@H](c2cc(C)c3c(c2)OCO3)[C@@H](C(=O)O)[C@@H]1CCc1ccccc1OC. The minimum Gasteiger partial charge on any atom is -0.496 e. The van der Waals surface area contributed by atoms with Crippen molar-refractivity contribution in [3.05, 3.63) is 53.1 Å². The molecule has 0 unspecified atom stereocenters. The number of benzene rings is 2. The van der Waals surface area contributed by atoms with Crippen molar-refractivity contribution in [2.75, 3.05) is 40.1 Å². The first kappa shape index (κ1) is 28.7. The molecule has 0 radical (unpaired) electrons. The number of ether oxygens (including phenoxy) is 3. The van der Waals surface area contributed by atoms with Gasteiger partial charge in [0, 0.05) is 25.0 Å². The molecule has 0 bridgehead atoms. The molecule has 2 aromatic rings. The molecule has 3 atom stereocenters. The summed E-state index contributed by atoms with van der Waals surface area (Å²) in [6.07, 6.45) is 2.75. The fourth-order valence-electron chi connectivity index (χ4n) is 5.75. The van der Waals surface area contributed by atoms with Crippen LogP contribution in [0, 0.1) is 12.8 Å². The molecule has 9 nitrogen and oxygen atoms in total. The first-order valence-electron chi connectivity index (χ1n) is 13.8. The zero-order chi connectivity index (χ0) is 27.9. The number of hydrogen-bond acceptors (Lipinski definition) is 7. The van der Waals surface area contributed by atoms with Crippen LogP contribution in [0.25, 0.3) is 0 Å². The summed E-state index contributed by atoms with van der Waals surface area (Å²) in [5.41, 5.74) is 2.80. The van der Waals surface area contributed by atoms with E-state index in [9.17, 15) is 14.7 Å². The number of carbonyl (C=O) groups is 2. The maximum atomic E-state index is 13.4. The molecule has 1 fully saturated rings. The Labute approximate surface area is 230 Å². The van der Waals surface area contributed by atoms with Gasteiger partial charge in [0.25, 0.3) is 5.91 Å². The molecule has 212 valence electrons. The molecule has 1 N–H and O–H groups in total. The van der Waals surface area contributed by atoms with E-state index in [1.54, 1.807) is 7.11 Å². The van der Waals surface area contributed by atoms with E-state index in [4.69, 9.17) is 19.0 Å². The fraction of sp³-hybridized carbons (Fsp3) is 0.533. The number of likely N-dealkylation sites (tertiary alicyclic amines) is 1. The largest absolute Gasteiger partial charge is 0.496 e. The molecular weight excluding hydrogens is 500 g/mol. The van der Waals surface area contributed by atoms with Gasteiger partial charge in [0.1, 0.15) is 5.75 Å². The summed E-state index contributed by atoms with van der Waals surface area (Å²) >= 11 is 0.